The van der Waals surface area contributed by atoms with Crippen molar-refractivity contribution in [2.45, 2.75) is 6.54 Å². The van der Waals surface area contributed by atoms with Crippen molar-refractivity contribution in [2.24, 2.45) is 0 Å². The summed E-state index contributed by atoms with van der Waals surface area (Å²) < 4.78 is 5.28. The molecule has 0 heterocycles. The average Bonchev–Trinajstić information content (AvgIpc) is 2.72. The summed E-state index contributed by atoms with van der Waals surface area (Å²) in [7, 11) is 1.62. The summed E-state index contributed by atoms with van der Waals surface area (Å²) in [6.07, 6.45) is 1.87. The molecule has 27 heavy (non-hydrogen) atoms. The Balaban J connectivity index is 1.86. The molecule has 0 bridgehead atoms. The van der Waals surface area contributed by atoms with Gasteiger partial charge in [-0.1, -0.05) is 66.2 Å². The smallest absolute Gasteiger partial charge is 0.252 e. The summed E-state index contributed by atoms with van der Waals surface area (Å²) in [6, 6.07) is 24.7. The topological polar surface area (TPSA) is 38.3 Å². The minimum Gasteiger partial charge on any atom is -0.497 e. The molecular formula is C23H20ClNO2. The van der Waals surface area contributed by atoms with Gasteiger partial charge in [-0.05, 0) is 47.0 Å². The second-order valence-electron chi connectivity index (χ2n) is 6.01. The minimum absolute atomic E-state index is 0.140. The summed E-state index contributed by atoms with van der Waals surface area (Å²) in [5.74, 6) is 0.608. The first-order valence-corrected chi connectivity index (χ1v) is 8.97. The molecule has 4 heteroatoms. The first-order valence-electron chi connectivity index (χ1n) is 8.59. The number of methoxy groups -OCH3 is 1. The zero-order valence-corrected chi connectivity index (χ0v) is 15.7. The molecule has 0 aliphatic rings. The molecule has 3 aromatic rings. The van der Waals surface area contributed by atoms with Gasteiger partial charge >= 0.3 is 0 Å². The van der Waals surface area contributed by atoms with Crippen molar-refractivity contribution in [3.63, 3.8) is 0 Å². The summed E-state index contributed by atoms with van der Waals surface area (Å²) >= 11 is 5.91. The Hall–Kier alpha value is -3.04. The van der Waals surface area contributed by atoms with E-state index in [0.29, 0.717) is 17.1 Å². The van der Waals surface area contributed by atoms with Gasteiger partial charge in [0.15, 0.2) is 0 Å². The van der Waals surface area contributed by atoms with E-state index in [4.69, 9.17) is 16.3 Å². The van der Waals surface area contributed by atoms with E-state index in [1.165, 1.54) is 0 Å². The highest BCUT2D eigenvalue weighted by atomic mass is 35.5. The average molecular weight is 378 g/mol. The Kier molecular flexibility index (Phi) is 6.29. The second kappa shape index (κ2) is 9.06. The maximum absolute atomic E-state index is 12.9. The molecule has 0 unspecified atom stereocenters. The van der Waals surface area contributed by atoms with E-state index in [2.05, 4.69) is 5.32 Å². The van der Waals surface area contributed by atoms with Crippen LogP contribution in [0.3, 0.4) is 0 Å². The fraction of sp³-hybridized carbons (Fsp3) is 0.0870. The monoisotopic (exact) mass is 377 g/mol. The summed E-state index contributed by atoms with van der Waals surface area (Å²) in [5.41, 5.74) is 3.34. The first-order chi connectivity index (χ1) is 13.2. The summed E-state index contributed by atoms with van der Waals surface area (Å²) in [5, 5.41) is 3.66. The molecule has 0 aromatic heterocycles. The van der Waals surface area contributed by atoms with Gasteiger partial charge in [-0.15, -0.1) is 0 Å². The standard InChI is InChI=1S/C23H20ClNO2/c1-27-21-9-5-6-18(14-21)15-22(19-7-3-2-4-8-19)23(26)25-16-17-10-12-20(24)13-11-17/h2-15H,16H2,1H3,(H,25,26)/b22-15+. The zero-order chi connectivity index (χ0) is 19.1. The van der Waals surface area contributed by atoms with Gasteiger partial charge in [0, 0.05) is 17.1 Å². The number of carbonyl (C=O) groups is 1. The van der Waals surface area contributed by atoms with E-state index in [1.54, 1.807) is 7.11 Å². The van der Waals surface area contributed by atoms with Crippen molar-refractivity contribution in [2.75, 3.05) is 7.11 Å². The Morgan fingerprint density at radius 1 is 1.00 bits per heavy atom. The van der Waals surface area contributed by atoms with Crippen LogP contribution in [0.25, 0.3) is 11.6 Å². The quantitative estimate of drug-likeness (QED) is 0.473. The van der Waals surface area contributed by atoms with Crippen molar-refractivity contribution in [1.82, 2.24) is 5.32 Å². The van der Waals surface area contributed by atoms with Crippen LogP contribution in [0.15, 0.2) is 78.9 Å². The van der Waals surface area contributed by atoms with Crippen molar-refractivity contribution in [3.05, 3.63) is 101 Å². The fourth-order valence-corrected chi connectivity index (χ4v) is 2.80. The zero-order valence-electron chi connectivity index (χ0n) is 15.0. The van der Waals surface area contributed by atoms with Crippen LogP contribution in [0, 0.1) is 0 Å². The molecular weight excluding hydrogens is 358 g/mol. The van der Waals surface area contributed by atoms with Crippen LogP contribution in [-0.2, 0) is 11.3 Å². The van der Waals surface area contributed by atoms with Gasteiger partial charge in [0.25, 0.3) is 5.91 Å². The Labute approximate surface area is 164 Å². The Morgan fingerprint density at radius 3 is 2.44 bits per heavy atom. The van der Waals surface area contributed by atoms with Crippen molar-refractivity contribution >= 4 is 29.2 Å². The van der Waals surface area contributed by atoms with Gasteiger partial charge < -0.3 is 10.1 Å². The van der Waals surface area contributed by atoms with Crippen LogP contribution in [0.4, 0.5) is 0 Å². The highest BCUT2D eigenvalue weighted by molar-refractivity contribution is 6.30. The van der Waals surface area contributed by atoms with Crippen LogP contribution in [0.1, 0.15) is 16.7 Å². The lowest BCUT2D eigenvalue weighted by atomic mass is 10.0. The lowest BCUT2D eigenvalue weighted by molar-refractivity contribution is -0.115. The SMILES string of the molecule is COc1cccc(/C=C(/C(=O)NCc2ccc(Cl)cc2)c2ccccc2)c1. The third-order valence-corrected chi connectivity index (χ3v) is 4.35. The largest absolute Gasteiger partial charge is 0.497 e. The first kappa shape index (κ1) is 18.7. The molecule has 0 aliphatic carbocycles. The Morgan fingerprint density at radius 2 is 1.74 bits per heavy atom. The van der Waals surface area contributed by atoms with Gasteiger partial charge in [0.1, 0.15) is 5.75 Å². The van der Waals surface area contributed by atoms with Gasteiger partial charge in [-0.25, -0.2) is 0 Å². The maximum Gasteiger partial charge on any atom is 0.252 e. The predicted octanol–water partition coefficient (Wildman–Crippen LogP) is 5.21. The second-order valence-corrected chi connectivity index (χ2v) is 6.45. The number of ether oxygens (including phenoxy) is 1. The van der Waals surface area contributed by atoms with Gasteiger partial charge in [0.05, 0.1) is 7.11 Å². The Bertz CT molecular complexity index is 934. The van der Waals surface area contributed by atoms with Crippen molar-refractivity contribution in [1.29, 1.82) is 0 Å². The molecule has 3 aromatic carbocycles. The van der Waals surface area contributed by atoms with Crippen LogP contribution < -0.4 is 10.1 Å². The predicted molar refractivity (Wildman–Crippen MR) is 111 cm³/mol. The van der Waals surface area contributed by atoms with E-state index in [0.717, 1.165) is 22.4 Å². The number of amides is 1. The molecule has 1 amide bonds. The van der Waals surface area contributed by atoms with Crippen molar-refractivity contribution in [3.8, 4) is 5.75 Å². The normalized spacial score (nSPS) is 11.1. The number of benzene rings is 3. The molecule has 0 saturated carbocycles. The third kappa shape index (κ3) is 5.22. The molecule has 0 spiro atoms. The molecule has 3 nitrogen and oxygen atoms in total. The third-order valence-electron chi connectivity index (χ3n) is 4.10. The number of nitrogens with one attached hydrogen (secondary N) is 1. The molecule has 1 N–H and O–H groups in total. The molecule has 3 rings (SSSR count). The molecule has 0 saturated heterocycles. The van der Waals surface area contributed by atoms with E-state index >= 15 is 0 Å². The highest BCUT2D eigenvalue weighted by Crippen LogP contribution is 2.21. The molecule has 0 atom stereocenters. The minimum atomic E-state index is -0.140. The lowest BCUT2D eigenvalue weighted by Crippen LogP contribution is -2.23. The van der Waals surface area contributed by atoms with Crippen LogP contribution in [0.5, 0.6) is 5.75 Å². The molecule has 136 valence electrons. The number of hydrogen-bond donors (Lipinski definition) is 1. The maximum atomic E-state index is 12.9. The molecule has 0 radical (unpaired) electrons. The van der Waals surface area contributed by atoms with Crippen LogP contribution in [-0.4, -0.2) is 13.0 Å². The van der Waals surface area contributed by atoms with E-state index in [9.17, 15) is 4.79 Å². The van der Waals surface area contributed by atoms with Crippen LogP contribution in [0.2, 0.25) is 5.02 Å². The van der Waals surface area contributed by atoms with E-state index < -0.39 is 0 Å². The van der Waals surface area contributed by atoms with Gasteiger partial charge in [-0.2, -0.15) is 0 Å². The number of rotatable bonds is 6. The van der Waals surface area contributed by atoms with Gasteiger partial charge in [0.2, 0.25) is 0 Å². The highest BCUT2D eigenvalue weighted by Gasteiger charge is 2.12. The van der Waals surface area contributed by atoms with Gasteiger partial charge in [-0.3, -0.25) is 4.79 Å². The summed E-state index contributed by atoms with van der Waals surface area (Å²) in [6.45, 7) is 0.429. The lowest BCUT2D eigenvalue weighted by Gasteiger charge is -2.10. The summed E-state index contributed by atoms with van der Waals surface area (Å²) in [4.78, 5) is 12.9. The molecule has 0 fully saturated rings. The van der Waals surface area contributed by atoms with Crippen molar-refractivity contribution < 1.29 is 9.53 Å². The number of carbonyl (C=O) groups excluding carboxylic acids is 1. The van der Waals surface area contributed by atoms with E-state index in [-0.39, 0.29) is 5.91 Å². The number of hydrogen-bond acceptors (Lipinski definition) is 2. The fourth-order valence-electron chi connectivity index (χ4n) is 2.68. The number of halogens is 1. The molecule has 0 aliphatic heterocycles. The van der Waals surface area contributed by atoms with Crippen LogP contribution >= 0.6 is 11.6 Å². The van der Waals surface area contributed by atoms with E-state index in [1.807, 2.05) is 84.9 Å².